The monoisotopic (exact) mass is 533 g/mol. The summed E-state index contributed by atoms with van der Waals surface area (Å²) in [6, 6.07) is 8.03. The molecule has 0 spiro atoms. The SMILES string of the molecule is COc1ncc(Br)cc1C(=O)N(c1ccccc1)[C@@H]1CN(C(=O)C(C)(O)C(F)(F)F)C[C@@H]1F. The molecule has 7 nitrogen and oxygen atoms in total. The summed E-state index contributed by atoms with van der Waals surface area (Å²) in [5.74, 6) is -2.45. The fourth-order valence-electron chi connectivity index (χ4n) is 3.51. The average Bonchev–Trinajstić information content (AvgIpc) is 3.14. The third-order valence-corrected chi connectivity index (χ3v) is 5.74. The number of carbonyl (C=O) groups is 2. The zero-order valence-corrected chi connectivity index (χ0v) is 19.1. The number of methoxy groups -OCH3 is 1. The van der Waals surface area contributed by atoms with Crippen molar-refractivity contribution < 1.29 is 37.0 Å². The zero-order chi connectivity index (χ0) is 24.6. The van der Waals surface area contributed by atoms with Crippen LogP contribution in [0.5, 0.6) is 5.88 Å². The Hall–Kier alpha value is -2.73. The zero-order valence-electron chi connectivity index (χ0n) is 17.5. The average molecular weight is 534 g/mol. The molecule has 3 rings (SSSR count). The number of aliphatic hydroxyl groups is 1. The molecule has 2 amide bonds. The maximum atomic E-state index is 15.1. The second-order valence-corrected chi connectivity index (χ2v) is 8.50. The highest BCUT2D eigenvalue weighted by Crippen LogP contribution is 2.35. The fraction of sp³-hybridized carbons (Fsp3) is 0.381. The van der Waals surface area contributed by atoms with Gasteiger partial charge in [0.1, 0.15) is 11.7 Å². The van der Waals surface area contributed by atoms with E-state index >= 15 is 4.39 Å². The molecule has 33 heavy (non-hydrogen) atoms. The largest absolute Gasteiger partial charge is 0.480 e. The van der Waals surface area contributed by atoms with E-state index in [0.717, 1.165) is 4.90 Å². The van der Waals surface area contributed by atoms with Gasteiger partial charge in [-0.2, -0.15) is 13.2 Å². The number of hydrogen-bond donors (Lipinski definition) is 1. The Morgan fingerprint density at radius 1 is 1.24 bits per heavy atom. The van der Waals surface area contributed by atoms with Gasteiger partial charge in [0.15, 0.2) is 0 Å². The number of hydrogen-bond acceptors (Lipinski definition) is 5. The van der Waals surface area contributed by atoms with Crippen LogP contribution in [0.15, 0.2) is 47.1 Å². The summed E-state index contributed by atoms with van der Waals surface area (Å²) in [7, 11) is 1.30. The molecule has 0 radical (unpaired) electrons. The molecule has 1 saturated heterocycles. The quantitative estimate of drug-likeness (QED) is 0.596. The molecule has 0 aliphatic carbocycles. The Morgan fingerprint density at radius 2 is 1.88 bits per heavy atom. The lowest BCUT2D eigenvalue weighted by Gasteiger charge is -2.32. The molecule has 2 heterocycles. The van der Waals surface area contributed by atoms with Crippen molar-refractivity contribution in [2.45, 2.75) is 30.9 Å². The van der Waals surface area contributed by atoms with E-state index < -0.39 is 48.9 Å². The molecule has 12 heteroatoms. The van der Waals surface area contributed by atoms with E-state index in [2.05, 4.69) is 20.9 Å². The predicted molar refractivity (Wildman–Crippen MR) is 114 cm³/mol. The number of para-hydroxylation sites is 1. The van der Waals surface area contributed by atoms with Gasteiger partial charge in [-0.15, -0.1) is 0 Å². The molecule has 1 aromatic carbocycles. The van der Waals surface area contributed by atoms with E-state index in [1.165, 1.54) is 31.5 Å². The minimum Gasteiger partial charge on any atom is -0.480 e. The van der Waals surface area contributed by atoms with Crippen LogP contribution < -0.4 is 9.64 Å². The van der Waals surface area contributed by atoms with Crippen LogP contribution in [-0.4, -0.2) is 71.0 Å². The van der Waals surface area contributed by atoms with E-state index in [4.69, 9.17) is 4.74 Å². The third kappa shape index (κ3) is 4.81. The summed E-state index contributed by atoms with van der Waals surface area (Å²) in [6.07, 6.45) is -5.73. The van der Waals surface area contributed by atoms with Crippen LogP contribution in [0.3, 0.4) is 0 Å². The number of benzene rings is 1. The van der Waals surface area contributed by atoms with Gasteiger partial charge in [0.2, 0.25) is 11.5 Å². The van der Waals surface area contributed by atoms with Gasteiger partial charge >= 0.3 is 6.18 Å². The highest BCUT2D eigenvalue weighted by atomic mass is 79.9. The number of pyridine rings is 1. The van der Waals surface area contributed by atoms with Gasteiger partial charge in [0, 0.05) is 22.9 Å². The van der Waals surface area contributed by atoms with Gasteiger partial charge in [0.05, 0.1) is 19.7 Å². The predicted octanol–water partition coefficient (Wildman–Crippen LogP) is 3.36. The topological polar surface area (TPSA) is 83.0 Å². The normalized spacial score (nSPS) is 20.3. The fourth-order valence-corrected chi connectivity index (χ4v) is 3.84. The minimum atomic E-state index is -5.25. The summed E-state index contributed by atoms with van der Waals surface area (Å²) in [4.78, 5) is 31.6. The molecule has 1 N–H and O–H groups in total. The number of rotatable bonds is 5. The Bertz CT molecular complexity index is 1040. The Morgan fingerprint density at radius 3 is 2.45 bits per heavy atom. The summed E-state index contributed by atoms with van der Waals surface area (Å²) >= 11 is 3.21. The molecule has 1 fully saturated rings. The van der Waals surface area contributed by atoms with Gasteiger partial charge < -0.3 is 19.6 Å². The molecule has 1 aliphatic rings. The molecule has 1 aliphatic heterocycles. The molecule has 3 atom stereocenters. The van der Waals surface area contributed by atoms with E-state index in [1.54, 1.807) is 18.2 Å². The summed E-state index contributed by atoms with van der Waals surface area (Å²) in [6.45, 7) is -0.967. The molecule has 1 unspecified atom stereocenters. The number of carbonyl (C=O) groups excluding carboxylic acids is 2. The first-order chi connectivity index (χ1) is 15.4. The van der Waals surface area contributed by atoms with Crippen LogP contribution in [-0.2, 0) is 4.79 Å². The van der Waals surface area contributed by atoms with Gasteiger partial charge in [-0.25, -0.2) is 9.37 Å². The van der Waals surface area contributed by atoms with Crippen molar-refractivity contribution in [3.8, 4) is 5.88 Å². The lowest BCUT2D eigenvalue weighted by Crippen LogP contribution is -2.56. The van der Waals surface area contributed by atoms with Crippen molar-refractivity contribution in [2.75, 3.05) is 25.1 Å². The van der Waals surface area contributed by atoms with Crippen LogP contribution in [0, 0.1) is 0 Å². The third-order valence-electron chi connectivity index (χ3n) is 5.30. The first-order valence-electron chi connectivity index (χ1n) is 9.69. The maximum Gasteiger partial charge on any atom is 0.426 e. The smallest absolute Gasteiger partial charge is 0.426 e. The van der Waals surface area contributed by atoms with E-state index in [1.807, 2.05) is 0 Å². The number of aromatic nitrogens is 1. The van der Waals surface area contributed by atoms with Crippen molar-refractivity contribution in [1.82, 2.24) is 9.88 Å². The van der Waals surface area contributed by atoms with Crippen molar-refractivity contribution in [3.05, 3.63) is 52.6 Å². The number of anilines is 1. The minimum absolute atomic E-state index is 0.0185. The molecule has 178 valence electrons. The Kier molecular flexibility index (Phi) is 6.99. The number of alkyl halides is 4. The first-order valence-corrected chi connectivity index (χ1v) is 10.5. The summed E-state index contributed by atoms with van der Waals surface area (Å²) in [5.41, 5.74) is -3.45. The Labute approximate surface area is 195 Å². The van der Waals surface area contributed by atoms with Gasteiger partial charge in [-0.3, -0.25) is 9.59 Å². The van der Waals surface area contributed by atoms with Gasteiger partial charge in [-0.05, 0) is 41.1 Å². The molecular weight excluding hydrogens is 514 g/mol. The van der Waals surface area contributed by atoms with Crippen molar-refractivity contribution in [3.63, 3.8) is 0 Å². The van der Waals surface area contributed by atoms with Crippen molar-refractivity contribution in [1.29, 1.82) is 0 Å². The second-order valence-electron chi connectivity index (χ2n) is 7.58. The lowest BCUT2D eigenvalue weighted by atomic mass is 10.1. The van der Waals surface area contributed by atoms with Crippen LogP contribution in [0.25, 0.3) is 0 Å². The number of likely N-dealkylation sites (tertiary alicyclic amines) is 1. The van der Waals surface area contributed by atoms with Crippen molar-refractivity contribution >= 4 is 33.4 Å². The van der Waals surface area contributed by atoms with Crippen LogP contribution in [0.1, 0.15) is 17.3 Å². The highest BCUT2D eigenvalue weighted by molar-refractivity contribution is 9.10. The van der Waals surface area contributed by atoms with Gasteiger partial charge in [-0.1, -0.05) is 18.2 Å². The Balaban J connectivity index is 2.01. The van der Waals surface area contributed by atoms with Crippen molar-refractivity contribution in [2.24, 2.45) is 0 Å². The number of ether oxygens (including phenoxy) is 1. The molecule has 0 bridgehead atoms. The van der Waals surface area contributed by atoms with E-state index in [0.29, 0.717) is 16.3 Å². The molecule has 2 aromatic rings. The maximum absolute atomic E-state index is 15.1. The standard InChI is InChI=1S/C21H20BrF4N3O4/c1-20(32,21(24,25)26)19(31)28-10-15(23)16(11-28)29(13-6-4-3-5-7-13)18(30)14-8-12(22)9-27-17(14)33-2/h3-9,15-16,32H,10-11H2,1-2H3/t15-,16+,20?/m0/s1. The van der Waals surface area contributed by atoms with Gasteiger partial charge in [0.25, 0.3) is 11.8 Å². The number of halogens is 5. The molecule has 1 aromatic heterocycles. The van der Waals surface area contributed by atoms with E-state index in [-0.39, 0.29) is 17.1 Å². The molecular formula is C21H20BrF4N3O4. The second kappa shape index (κ2) is 9.26. The molecule has 0 saturated carbocycles. The number of amides is 2. The van der Waals surface area contributed by atoms with E-state index in [9.17, 15) is 27.9 Å². The van der Waals surface area contributed by atoms with Crippen LogP contribution in [0.4, 0.5) is 23.2 Å². The summed E-state index contributed by atoms with van der Waals surface area (Å²) in [5, 5.41) is 9.74. The highest BCUT2D eigenvalue weighted by Gasteiger charge is 2.58. The lowest BCUT2D eigenvalue weighted by molar-refractivity contribution is -0.249. The first kappa shape index (κ1) is 24.9. The van der Waals surface area contributed by atoms with Crippen LogP contribution in [0.2, 0.25) is 0 Å². The summed E-state index contributed by atoms with van der Waals surface area (Å²) < 4.78 is 60.2. The van der Waals surface area contributed by atoms with Crippen LogP contribution >= 0.6 is 15.9 Å². The number of nitrogens with zero attached hydrogens (tertiary/aromatic N) is 3.